The van der Waals surface area contributed by atoms with Crippen molar-refractivity contribution in [1.29, 1.82) is 0 Å². The minimum absolute atomic E-state index is 0.171. The number of carbonyl (C=O) groups is 1. The van der Waals surface area contributed by atoms with E-state index in [4.69, 9.17) is 0 Å². The van der Waals surface area contributed by atoms with Crippen LogP contribution in [0.25, 0.3) is 0 Å². The van der Waals surface area contributed by atoms with Crippen molar-refractivity contribution < 1.29 is 4.79 Å². The Labute approximate surface area is 111 Å². The Morgan fingerprint density at radius 1 is 1.50 bits per heavy atom. The Morgan fingerprint density at radius 3 is 2.83 bits per heavy atom. The molecule has 4 nitrogen and oxygen atoms in total. The molecule has 0 spiro atoms. The first-order valence-corrected chi connectivity index (χ1v) is 7.34. The van der Waals surface area contributed by atoms with Crippen molar-refractivity contribution in [3.63, 3.8) is 0 Å². The second-order valence-corrected chi connectivity index (χ2v) is 5.58. The maximum atomic E-state index is 11.6. The van der Waals surface area contributed by atoms with Crippen molar-refractivity contribution in [2.24, 2.45) is 5.92 Å². The first kappa shape index (κ1) is 15.4. The highest BCUT2D eigenvalue weighted by Crippen LogP contribution is 2.11. The number of nitrogens with one attached hydrogen (secondary N) is 2. The van der Waals surface area contributed by atoms with Crippen LogP contribution < -0.4 is 10.6 Å². The zero-order valence-corrected chi connectivity index (χ0v) is 12.2. The summed E-state index contributed by atoms with van der Waals surface area (Å²) in [6.45, 7) is 11.5. The predicted octanol–water partition coefficient (Wildman–Crippen LogP) is 1.22. The van der Waals surface area contributed by atoms with E-state index in [1.807, 2.05) is 13.8 Å². The maximum absolute atomic E-state index is 11.6. The molecule has 1 fully saturated rings. The molecule has 0 saturated carbocycles. The van der Waals surface area contributed by atoms with Gasteiger partial charge in [-0.1, -0.05) is 6.92 Å². The first-order chi connectivity index (χ1) is 8.61. The summed E-state index contributed by atoms with van der Waals surface area (Å²) >= 11 is 0. The summed E-state index contributed by atoms with van der Waals surface area (Å²) < 4.78 is 0. The molecule has 1 unspecified atom stereocenters. The fourth-order valence-electron chi connectivity index (χ4n) is 2.48. The Bertz CT molecular complexity index is 237. The summed E-state index contributed by atoms with van der Waals surface area (Å²) in [6, 6.07) is 0.245. The lowest BCUT2D eigenvalue weighted by Gasteiger charge is -2.29. The van der Waals surface area contributed by atoms with E-state index >= 15 is 0 Å². The molecule has 1 aliphatic heterocycles. The molecular weight excluding hydrogens is 226 g/mol. The molecule has 1 amide bonds. The topological polar surface area (TPSA) is 44.4 Å². The van der Waals surface area contributed by atoms with E-state index in [-0.39, 0.29) is 11.9 Å². The smallest absolute Gasteiger partial charge is 0.221 e. The van der Waals surface area contributed by atoms with Crippen molar-refractivity contribution in [1.82, 2.24) is 15.5 Å². The lowest BCUT2D eigenvalue weighted by Crippen LogP contribution is -2.40. The van der Waals surface area contributed by atoms with Gasteiger partial charge in [-0.2, -0.15) is 0 Å². The first-order valence-electron chi connectivity index (χ1n) is 7.34. The van der Waals surface area contributed by atoms with Crippen LogP contribution in [0.2, 0.25) is 0 Å². The van der Waals surface area contributed by atoms with Crippen molar-refractivity contribution in [3.8, 4) is 0 Å². The number of piperidine rings is 1. The number of carbonyl (C=O) groups excluding carboxylic acids is 1. The molecule has 1 aliphatic rings. The van der Waals surface area contributed by atoms with Gasteiger partial charge in [-0.25, -0.2) is 0 Å². The average Bonchev–Trinajstić information content (AvgIpc) is 2.35. The van der Waals surface area contributed by atoms with E-state index < -0.39 is 0 Å². The van der Waals surface area contributed by atoms with Gasteiger partial charge in [0.1, 0.15) is 0 Å². The van der Waals surface area contributed by atoms with Crippen molar-refractivity contribution >= 4 is 5.91 Å². The van der Waals surface area contributed by atoms with Crippen LogP contribution in [0.15, 0.2) is 0 Å². The number of hydrogen-bond acceptors (Lipinski definition) is 3. The third-order valence-electron chi connectivity index (χ3n) is 3.47. The van der Waals surface area contributed by atoms with Crippen LogP contribution in [-0.4, -0.2) is 49.6 Å². The van der Waals surface area contributed by atoms with E-state index in [2.05, 4.69) is 22.5 Å². The van der Waals surface area contributed by atoms with E-state index in [1.165, 1.54) is 19.4 Å². The largest absolute Gasteiger partial charge is 0.354 e. The van der Waals surface area contributed by atoms with Gasteiger partial charge in [0, 0.05) is 25.6 Å². The number of nitrogens with zero attached hydrogens (tertiary/aromatic N) is 1. The molecule has 1 heterocycles. The molecule has 1 rings (SSSR count). The normalized spacial score (nSPS) is 20.4. The summed E-state index contributed by atoms with van der Waals surface area (Å²) in [7, 11) is 0. The van der Waals surface area contributed by atoms with Gasteiger partial charge >= 0.3 is 0 Å². The highest BCUT2D eigenvalue weighted by molar-refractivity contribution is 5.76. The Morgan fingerprint density at radius 2 is 2.28 bits per heavy atom. The molecule has 0 radical (unpaired) electrons. The van der Waals surface area contributed by atoms with Crippen LogP contribution in [0.4, 0.5) is 0 Å². The molecule has 0 aromatic rings. The van der Waals surface area contributed by atoms with Gasteiger partial charge in [0.2, 0.25) is 5.91 Å². The molecule has 0 aromatic carbocycles. The SMILES string of the molecule is CCN(CCC(=O)NC(C)C)CC1CCCNC1. The highest BCUT2D eigenvalue weighted by atomic mass is 16.1. The van der Waals surface area contributed by atoms with Crippen molar-refractivity contribution in [2.45, 2.75) is 46.1 Å². The molecule has 1 atom stereocenters. The van der Waals surface area contributed by atoms with E-state index in [0.717, 1.165) is 32.1 Å². The number of rotatable bonds is 7. The van der Waals surface area contributed by atoms with Crippen LogP contribution in [0.3, 0.4) is 0 Å². The van der Waals surface area contributed by atoms with Gasteiger partial charge in [-0.15, -0.1) is 0 Å². The van der Waals surface area contributed by atoms with Gasteiger partial charge in [0.25, 0.3) is 0 Å². The summed E-state index contributed by atoms with van der Waals surface area (Å²) in [5, 5.41) is 6.40. The van der Waals surface area contributed by atoms with Gasteiger partial charge < -0.3 is 15.5 Å². The monoisotopic (exact) mass is 255 g/mol. The summed E-state index contributed by atoms with van der Waals surface area (Å²) in [6.07, 6.45) is 3.23. The quantitative estimate of drug-likeness (QED) is 0.719. The maximum Gasteiger partial charge on any atom is 0.221 e. The van der Waals surface area contributed by atoms with Crippen LogP contribution in [0.5, 0.6) is 0 Å². The fourth-order valence-corrected chi connectivity index (χ4v) is 2.48. The van der Waals surface area contributed by atoms with Crippen molar-refractivity contribution in [3.05, 3.63) is 0 Å². The molecule has 106 valence electrons. The summed E-state index contributed by atoms with van der Waals surface area (Å²) in [4.78, 5) is 14.0. The van der Waals surface area contributed by atoms with Gasteiger partial charge in [0.15, 0.2) is 0 Å². The van der Waals surface area contributed by atoms with Gasteiger partial charge in [-0.3, -0.25) is 4.79 Å². The summed E-state index contributed by atoms with van der Waals surface area (Å²) in [5.74, 6) is 0.928. The standard InChI is InChI=1S/C14H29N3O/c1-4-17(9-7-14(18)16-12(2)3)11-13-6-5-8-15-10-13/h12-13,15H,4-11H2,1-3H3,(H,16,18). The molecule has 18 heavy (non-hydrogen) atoms. The van der Waals surface area contributed by atoms with Gasteiger partial charge in [0.05, 0.1) is 0 Å². The lowest BCUT2D eigenvalue weighted by atomic mass is 9.99. The predicted molar refractivity (Wildman–Crippen MR) is 75.6 cm³/mol. The zero-order valence-electron chi connectivity index (χ0n) is 12.2. The highest BCUT2D eigenvalue weighted by Gasteiger charge is 2.16. The second-order valence-electron chi connectivity index (χ2n) is 5.58. The fraction of sp³-hybridized carbons (Fsp3) is 0.929. The van der Waals surface area contributed by atoms with Crippen LogP contribution in [0.1, 0.15) is 40.0 Å². The molecule has 4 heteroatoms. The third-order valence-corrected chi connectivity index (χ3v) is 3.47. The molecule has 0 aliphatic carbocycles. The zero-order chi connectivity index (χ0) is 13.4. The average molecular weight is 255 g/mol. The Balaban J connectivity index is 2.21. The van der Waals surface area contributed by atoms with Crippen LogP contribution in [-0.2, 0) is 4.79 Å². The number of hydrogen-bond donors (Lipinski definition) is 2. The lowest BCUT2D eigenvalue weighted by molar-refractivity contribution is -0.121. The molecule has 0 aromatic heterocycles. The molecule has 1 saturated heterocycles. The minimum Gasteiger partial charge on any atom is -0.354 e. The van der Waals surface area contributed by atoms with E-state index in [1.54, 1.807) is 0 Å². The summed E-state index contributed by atoms with van der Waals surface area (Å²) in [5.41, 5.74) is 0. The Hall–Kier alpha value is -0.610. The van der Waals surface area contributed by atoms with E-state index in [0.29, 0.717) is 6.42 Å². The molecular formula is C14H29N3O. The second kappa shape index (κ2) is 8.48. The minimum atomic E-state index is 0.171. The number of amides is 1. The van der Waals surface area contributed by atoms with E-state index in [9.17, 15) is 4.79 Å². The van der Waals surface area contributed by atoms with Crippen LogP contribution >= 0.6 is 0 Å². The third kappa shape index (κ3) is 6.36. The van der Waals surface area contributed by atoms with Crippen molar-refractivity contribution in [2.75, 3.05) is 32.7 Å². The van der Waals surface area contributed by atoms with Gasteiger partial charge in [-0.05, 0) is 52.2 Å². The molecule has 0 bridgehead atoms. The van der Waals surface area contributed by atoms with Crippen LogP contribution in [0, 0.1) is 5.92 Å². The Kier molecular flexibility index (Phi) is 7.28. The molecule has 2 N–H and O–H groups in total.